The van der Waals surface area contributed by atoms with E-state index in [2.05, 4.69) is 10.6 Å². The molecule has 0 radical (unpaired) electrons. The molecule has 182 valence electrons. The average Bonchev–Trinajstić information content (AvgIpc) is 2.78. The average molecular weight is 466 g/mol. The third-order valence-electron chi connectivity index (χ3n) is 5.34. The van der Waals surface area contributed by atoms with Crippen molar-refractivity contribution in [3.63, 3.8) is 0 Å². The first-order valence-electron chi connectivity index (χ1n) is 11.0. The topological polar surface area (TPSA) is 138 Å². The van der Waals surface area contributed by atoms with Gasteiger partial charge in [-0.3, -0.25) is 19.7 Å². The van der Waals surface area contributed by atoms with Crippen LogP contribution in [0.5, 0.6) is 0 Å². The third kappa shape index (κ3) is 6.70. The summed E-state index contributed by atoms with van der Waals surface area (Å²) in [5.41, 5.74) is 0.105. The standard InChI is InChI=1S/C22H31N3O8/c1-12(2)21-30-8-14(9-31-21)19(26)23-16-5-17(7-18(6-16)25(28)29)24-20(27)15-10-32-22(13(3)4)33-11-15/h5-7,12-15,21-22H,8-11H2,1-4H3,(H,23,26)(H,24,27). The molecule has 11 heteroatoms. The van der Waals surface area contributed by atoms with E-state index in [0.29, 0.717) is 0 Å². The van der Waals surface area contributed by atoms with Crippen molar-refractivity contribution in [2.75, 3.05) is 37.1 Å². The zero-order valence-electron chi connectivity index (χ0n) is 19.2. The highest BCUT2D eigenvalue weighted by molar-refractivity contribution is 5.96. The molecule has 2 aliphatic heterocycles. The molecule has 0 aliphatic carbocycles. The number of non-ortho nitro benzene ring substituents is 1. The number of hydrogen-bond acceptors (Lipinski definition) is 8. The van der Waals surface area contributed by atoms with Crippen LogP contribution in [0.1, 0.15) is 27.7 Å². The van der Waals surface area contributed by atoms with Crippen molar-refractivity contribution in [2.24, 2.45) is 23.7 Å². The second-order valence-electron chi connectivity index (χ2n) is 8.96. The van der Waals surface area contributed by atoms with Crippen LogP contribution in [0.25, 0.3) is 0 Å². The highest BCUT2D eigenvalue weighted by Gasteiger charge is 2.31. The first-order valence-corrected chi connectivity index (χ1v) is 11.0. The normalized spacial score (nSPS) is 25.6. The molecule has 1 aromatic rings. The molecule has 2 N–H and O–H groups in total. The van der Waals surface area contributed by atoms with Gasteiger partial charge in [-0.05, 0) is 6.07 Å². The van der Waals surface area contributed by atoms with Gasteiger partial charge in [-0.25, -0.2) is 0 Å². The summed E-state index contributed by atoms with van der Waals surface area (Å²) in [4.78, 5) is 36.0. The summed E-state index contributed by atoms with van der Waals surface area (Å²) in [5.74, 6) is -1.56. The third-order valence-corrected chi connectivity index (χ3v) is 5.34. The fraction of sp³-hybridized carbons (Fsp3) is 0.636. The van der Waals surface area contributed by atoms with Gasteiger partial charge in [0.1, 0.15) is 0 Å². The molecule has 0 aromatic heterocycles. The second-order valence-corrected chi connectivity index (χ2v) is 8.96. The van der Waals surface area contributed by atoms with Gasteiger partial charge in [0.15, 0.2) is 12.6 Å². The van der Waals surface area contributed by atoms with Crippen molar-refractivity contribution < 1.29 is 33.5 Å². The quantitative estimate of drug-likeness (QED) is 0.463. The van der Waals surface area contributed by atoms with Gasteiger partial charge >= 0.3 is 0 Å². The van der Waals surface area contributed by atoms with E-state index in [0.717, 1.165) is 0 Å². The smallest absolute Gasteiger partial charge is 0.273 e. The molecule has 3 rings (SSSR count). The van der Waals surface area contributed by atoms with Crippen LogP contribution in [0.2, 0.25) is 0 Å². The Balaban J connectivity index is 1.64. The first kappa shape index (κ1) is 25.0. The summed E-state index contributed by atoms with van der Waals surface area (Å²) in [6.45, 7) is 8.57. The van der Waals surface area contributed by atoms with Gasteiger partial charge < -0.3 is 29.6 Å². The zero-order chi connectivity index (χ0) is 24.1. The Kier molecular flexibility index (Phi) is 8.35. The number of amides is 2. The van der Waals surface area contributed by atoms with Gasteiger partial charge in [-0.15, -0.1) is 0 Å². The summed E-state index contributed by atoms with van der Waals surface area (Å²) in [7, 11) is 0. The molecule has 2 saturated heterocycles. The van der Waals surface area contributed by atoms with E-state index in [-0.39, 0.29) is 79.7 Å². The number of nitro groups is 1. The number of carbonyl (C=O) groups is 2. The molecule has 0 bridgehead atoms. The van der Waals surface area contributed by atoms with Gasteiger partial charge in [-0.2, -0.15) is 0 Å². The van der Waals surface area contributed by atoms with E-state index >= 15 is 0 Å². The first-order chi connectivity index (χ1) is 15.6. The predicted molar refractivity (Wildman–Crippen MR) is 118 cm³/mol. The van der Waals surface area contributed by atoms with E-state index < -0.39 is 16.8 Å². The number of hydrogen-bond donors (Lipinski definition) is 2. The lowest BCUT2D eigenvalue weighted by molar-refractivity contribution is -0.384. The van der Waals surface area contributed by atoms with Crippen molar-refractivity contribution in [2.45, 2.75) is 40.3 Å². The number of ether oxygens (including phenoxy) is 4. The maximum atomic E-state index is 12.6. The van der Waals surface area contributed by atoms with Crippen LogP contribution < -0.4 is 10.6 Å². The Morgan fingerprint density at radius 2 is 1.18 bits per heavy atom. The maximum Gasteiger partial charge on any atom is 0.273 e. The Morgan fingerprint density at radius 3 is 1.48 bits per heavy atom. The van der Waals surface area contributed by atoms with Crippen molar-refractivity contribution >= 4 is 28.9 Å². The maximum absolute atomic E-state index is 12.6. The molecule has 0 saturated carbocycles. The van der Waals surface area contributed by atoms with Crippen molar-refractivity contribution in [3.05, 3.63) is 28.3 Å². The number of nitro benzene ring substituents is 1. The van der Waals surface area contributed by atoms with E-state index in [9.17, 15) is 19.7 Å². The van der Waals surface area contributed by atoms with Crippen LogP contribution in [-0.4, -0.2) is 55.7 Å². The summed E-state index contributed by atoms with van der Waals surface area (Å²) < 4.78 is 22.3. The fourth-order valence-corrected chi connectivity index (χ4v) is 3.46. The summed E-state index contributed by atoms with van der Waals surface area (Å²) in [5, 5.41) is 16.7. The molecular formula is C22H31N3O8. The van der Waals surface area contributed by atoms with Crippen LogP contribution in [-0.2, 0) is 28.5 Å². The summed E-state index contributed by atoms with van der Waals surface area (Å²) in [6.07, 6.45) is -0.727. The molecule has 2 fully saturated rings. The van der Waals surface area contributed by atoms with Crippen molar-refractivity contribution in [1.29, 1.82) is 0 Å². The van der Waals surface area contributed by atoms with Crippen LogP contribution in [0.3, 0.4) is 0 Å². The van der Waals surface area contributed by atoms with Gasteiger partial charge in [-0.1, -0.05) is 27.7 Å². The Labute approximate surface area is 192 Å². The molecular weight excluding hydrogens is 434 g/mol. The second kappa shape index (κ2) is 11.0. The van der Waals surface area contributed by atoms with E-state index in [4.69, 9.17) is 18.9 Å². The highest BCUT2D eigenvalue weighted by Crippen LogP contribution is 2.27. The lowest BCUT2D eigenvalue weighted by Crippen LogP contribution is -2.41. The minimum absolute atomic E-state index is 0.160. The van der Waals surface area contributed by atoms with Crippen LogP contribution in [0, 0.1) is 33.8 Å². The van der Waals surface area contributed by atoms with Crippen molar-refractivity contribution in [1.82, 2.24) is 0 Å². The molecule has 33 heavy (non-hydrogen) atoms. The van der Waals surface area contributed by atoms with E-state index in [1.807, 2.05) is 27.7 Å². The SMILES string of the molecule is CC(C)C1OCC(C(=O)Nc2cc(NC(=O)C3COC(C(C)C)OC3)cc([N+](=O)[O-])c2)CO1. The molecule has 11 nitrogen and oxygen atoms in total. The number of nitrogens with zero attached hydrogens (tertiary/aromatic N) is 1. The predicted octanol–water partition coefficient (Wildman–Crippen LogP) is 2.76. The highest BCUT2D eigenvalue weighted by atomic mass is 16.7. The Hall–Kier alpha value is -2.60. The van der Waals surface area contributed by atoms with Gasteiger partial charge in [0.05, 0.1) is 43.2 Å². The van der Waals surface area contributed by atoms with E-state index in [1.165, 1.54) is 18.2 Å². The summed E-state index contributed by atoms with van der Waals surface area (Å²) in [6, 6.07) is 3.93. The van der Waals surface area contributed by atoms with E-state index in [1.54, 1.807) is 0 Å². The molecule has 0 unspecified atom stereocenters. The number of anilines is 2. The molecule has 0 spiro atoms. The van der Waals surface area contributed by atoms with Crippen LogP contribution in [0.4, 0.5) is 17.1 Å². The van der Waals surface area contributed by atoms with Crippen molar-refractivity contribution in [3.8, 4) is 0 Å². The largest absolute Gasteiger partial charge is 0.351 e. The molecule has 0 atom stereocenters. The van der Waals surface area contributed by atoms with Gasteiger partial charge in [0, 0.05) is 35.3 Å². The molecule has 2 heterocycles. The minimum Gasteiger partial charge on any atom is -0.351 e. The molecule has 2 aliphatic rings. The lowest BCUT2D eigenvalue weighted by Gasteiger charge is -2.31. The fourth-order valence-electron chi connectivity index (χ4n) is 3.46. The Bertz CT molecular complexity index is 799. The number of benzene rings is 1. The lowest BCUT2D eigenvalue weighted by atomic mass is 10.1. The zero-order valence-corrected chi connectivity index (χ0v) is 19.2. The summed E-state index contributed by atoms with van der Waals surface area (Å²) >= 11 is 0. The van der Waals surface area contributed by atoms with Gasteiger partial charge in [0.25, 0.3) is 5.69 Å². The Morgan fingerprint density at radius 1 is 0.818 bits per heavy atom. The number of rotatable bonds is 7. The minimum atomic E-state index is -0.592. The molecule has 2 amide bonds. The monoisotopic (exact) mass is 465 g/mol. The molecule has 1 aromatic carbocycles. The number of carbonyl (C=O) groups excluding carboxylic acids is 2. The number of nitrogens with one attached hydrogen (secondary N) is 2. The van der Waals surface area contributed by atoms with Crippen LogP contribution in [0.15, 0.2) is 18.2 Å². The van der Waals surface area contributed by atoms with Gasteiger partial charge in [0.2, 0.25) is 11.8 Å². The van der Waals surface area contributed by atoms with Crippen LogP contribution >= 0.6 is 0 Å².